The van der Waals surface area contributed by atoms with E-state index in [9.17, 15) is 24.0 Å². The Hall–Kier alpha value is -7.86. The molecule has 0 bridgehead atoms. The summed E-state index contributed by atoms with van der Waals surface area (Å²) < 4.78 is 30.1. The third-order valence-electron chi connectivity index (χ3n) is 8.89. The minimum atomic E-state index is -1.83. The molecule has 6 aromatic carbocycles. The van der Waals surface area contributed by atoms with Gasteiger partial charge in [-0.1, -0.05) is 109 Å². The maximum absolute atomic E-state index is 14.1. The van der Waals surface area contributed by atoms with Crippen LogP contribution in [0.1, 0.15) is 57.4 Å². The van der Waals surface area contributed by atoms with Gasteiger partial charge in [-0.15, -0.1) is 0 Å². The number of aryl methyl sites for hydroxylation is 1. The number of carbonyl (C=O) groups excluding carboxylic acids is 5. The second-order valence-corrected chi connectivity index (χ2v) is 13.2. The molecule has 0 radical (unpaired) electrons. The normalized spacial score (nSPS) is 12.8. The highest BCUT2D eigenvalue weighted by atomic mass is 16.6. The first-order chi connectivity index (χ1) is 29.2. The molecule has 0 amide bonds. The number of ether oxygens (including phenoxy) is 5. The number of hydrogen-bond donors (Lipinski definition) is 1. The van der Waals surface area contributed by atoms with Gasteiger partial charge in [0.1, 0.15) is 6.61 Å². The van der Waals surface area contributed by atoms with E-state index in [1.807, 2.05) is 19.1 Å². The van der Waals surface area contributed by atoms with Crippen molar-refractivity contribution in [2.75, 3.05) is 12.0 Å². The fraction of sp³-hybridized carbons (Fsp3) is 0.125. The van der Waals surface area contributed by atoms with Crippen molar-refractivity contribution in [3.63, 3.8) is 0 Å². The second-order valence-electron chi connectivity index (χ2n) is 13.2. The Morgan fingerprint density at radius 3 is 1.27 bits per heavy atom. The minimum absolute atomic E-state index is 0.0811. The fourth-order valence-electron chi connectivity index (χ4n) is 5.76. The van der Waals surface area contributed by atoms with Gasteiger partial charge in [0, 0.05) is 0 Å². The Kier molecular flexibility index (Phi) is 14.7. The second kappa shape index (κ2) is 21.1. The predicted octanol–water partition coefficient (Wildman–Crippen LogP) is 8.15. The lowest BCUT2D eigenvalue weighted by Crippen LogP contribution is -2.54. The molecule has 302 valence electrons. The number of hydrazone groups is 1. The lowest BCUT2D eigenvalue weighted by atomic mass is 10.0. The number of anilines is 1. The maximum atomic E-state index is 14.1. The van der Waals surface area contributed by atoms with Crippen LogP contribution < -0.4 is 5.43 Å². The van der Waals surface area contributed by atoms with Crippen molar-refractivity contribution in [2.45, 2.75) is 31.3 Å². The Morgan fingerprint density at radius 1 is 0.467 bits per heavy atom. The van der Waals surface area contributed by atoms with Crippen LogP contribution in [0.2, 0.25) is 0 Å². The molecule has 1 N–H and O–H groups in total. The number of rotatable bonds is 17. The number of benzene rings is 6. The van der Waals surface area contributed by atoms with Crippen molar-refractivity contribution < 1.29 is 47.7 Å². The molecule has 0 fully saturated rings. The van der Waals surface area contributed by atoms with E-state index in [1.165, 1.54) is 66.9 Å². The standard InChI is InChI=1S/C48H40N2O10/c1-33-27-29-39(30-28-33)50-49-31-40(57-45(52)35-19-9-3-10-20-35)42(59-47(54)37-23-13-5-14-24-37)43(60-48(55)38-25-15-6-16-26-38)41(58-46(53)36-21-11-4-12-22-36)32-56-44(51)34-17-7-2-8-18-34/h2-31,40-43,50H,32H2,1H3. The first-order valence-electron chi connectivity index (χ1n) is 18.9. The van der Waals surface area contributed by atoms with E-state index in [1.54, 1.807) is 103 Å². The van der Waals surface area contributed by atoms with Crippen molar-refractivity contribution in [2.24, 2.45) is 5.10 Å². The summed E-state index contributed by atoms with van der Waals surface area (Å²) in [4.78, 5) is 69.2. The highest BCUT2D eigenvalue weighted by Gasteiger charge is 2.45. The molecule has 0 aliphatic carbocycles. The van der Waals surface area contributed by atoms with Gasteiger partial charge in [0.2, 0.25) is 0 Å². The molecule has 4 atom stereocenters. The van der Waals surface area contributed by atoms with Crippen molar-refractivity contribution in [3.8, 4) is 0 Å². The molecule has 0 heterocycles. The van der Waals surface area contributed by atoms with E-state index in [0.29, 0.717) is 5.69 Å². The van der Waals surface area contributed by atoms with Gasteiger partial charge in [-0.2, -0.15) is 5.10 Å². The smallest absolute Gasteiger partial charge is 0.338 e. The molecule has 6 rings (SSSR count). The van der Waals surface area contributed by atoms with Crippen LogP contribution in [0, 0.1) is 6.92 Å². The van der Waals surface area contributed by atoms with Crippen molar-refractivity contribution in [3.05, 3.63) is 209 Å². The van der Waals surface area contributed by atoms with E-state index in [2.05, 4.69) is 10.5 Å². The first-order valence-corrected chi connectivity index (χ1v) is 18.9. The molecule has 4 unspecified atom stereocenters. The molecule has 0 saturated heterocycles. The summed E-state index contributed by atoms with van der Waals surface area (Å²) in [5, 5.41) is 4.34. The number of hydrogen-bond acceptors (Lipinski definition) is 12. The average molecular weight is 805 g/mol. The quantitative estimate of drug-likeness (QED) is 0.0411. The van der Waals surface area contributed by atoms with Crippen molar-refractivity contribution in [1.29, 1.82) is 0 Å². The van der Waals surface area contributed by atoms with Crippen LogP contribution in [0.3, 0.4) is 0 Å². The van der Waals surface area contributed by atoms with Gasteiger partial charge in [0.05, 0.1) is 39.7 Å². The zero-order valence-corrected chi connectivity index (χ0v) is 32.4. The Bertz CT molecular complexity index is 2360. The van der Waals surface area contributed by atoms with E-state index in [-0.39, 0.29) is 27.8 Å². The SMILES string of the molecule is Cc1ccc(NN=CC(OC(=O)c2ccccc2)C(OC(=O)c2ccccc2)C(OC(=O)c2ccccc2)C(COC(=O)c2ccccc2)OC(=O)c2ccccc2)cc1. The predicted molar refractivity (Wildman–Crippen MR) is 223 cm³/mol. The van der Waals surface area contributed by atoms with Gasteiger partial charge in [0.25, 0.3) is 0 Å². The first kappa shape index (κ1) is 41.8. The van der Waals surface area contributed by atoms with Gasteiger partial charge in [-0.3, -0.25) is 5.43 Å². The Balaban J connectivity index is 1.48. The Morgan fingerprint density at radius 2 is 0.833 bits per heavy atom. The number of esters is 5. The number of nitrogens with one attached hydrogen (secondary N) is 1. The van der Waals surface area contributed by atoms with Crippen LogP contribution in [0.4, 0.5) is 5.69 Å². The van der Waals surface area contributed by atoms with Gasteiger partial charge < -0.3 is 23.7 Å². The summed E-state index contributed by atoms with van der Waals surface area (Å²) in [6, 6.07) is 47.1. The largest absolute Gasteiger partial charge is 0.458 e. The maximum Gasteiger partial charge on any atom is 0.338 e. The molecule has 0 aliphatic rings. The van der Waals surface area contributed by atoms with E-state index >= 15 is 0 Å². The fourth-order valence-corrected chi connectivity index (χ4v) is 5.76. The molecule has 6 aromatic rings. The monoisotopic (exact) mass is 804 g/mol. The average Bonchev–Trinajstić information content (AvgIpc) is 3.30. The van der Waals surface area contributed by atoms with Gasteiger partial charge in [-0.05, 0) is 79.7 Å². The van der Waals surface area contributed by atoms with E-state index < -0.39 is 60.9 Å². The third kappa shape index (κ3) is 11.8. The minimum Gasteiger partial charge on any atom is -0.458 e. The van der Waals surface area contributed by atoms with Gasteiger partial charge >= 0.3 is 29.8 Å². The molecular weight excluding hydrogens is 765 g/mol. The number of carbonyl (C=O) groups is 5. The number of nitrogens with zero attached hydrogens (tertiary/aromatic N) is 1. The summed E-state index contributed by atoms with van der Waals surface area (Å²) in [5.74, 6) is -4.39. The zero-order valence-electron chi connectivity index (χ0n) is 32.4. The van der Waals surface area contributed by atoms with Gasteiger partial charge in [-0.25, -0.2) is 24.0 Å². The van der Waals surface area contributed by atoms with Crippen LogP contribution in [0.5, 0.6) is 0 Å². The summed E-state index contributed by atoms with van der Waals surface area (Å²) in [6.07, 6.45) is -5.83. The highest BCUT2D eigenvalue weighted by molar-refractivity contribution is 5.93. The van der Waals surface area contributed by atoms with Crippen LogP contribution in [0.25, 0.3) is 0 Å². The summed E-state index contributed by atoms with van der Waals surface area (Å²) in [5.41, 5.74) is 5.04. The summed E-state index contributed by atoms with van der Waals surface area (Å²) in [7, 11) is 0. The van der Waals surface area contributed by atoms with E-state index in [0.717, 1.165) is 5.56 Å². The lowest BCUT2D eigenvalue weighted by Gasteiger charge is -2.35. The summed E-state index contributed by atoms with van der Waals surface area (Å²) >= 11 is 0. The van der Waals surface area contributed by atoms with Gasteiger partial charge in [0.15, 0.2) is 24.4 Å². The molecule has 12 nitrogen and oxygen atoms in total. The lowest BCUT2D eigenvalue weighted by molar-refractivity contribution is -0.120. The molecule has 0 aliphatic heterocycles. The van der Waals surface area contributed by atoms with Crippen LogP contribution in [0.15, 0.2) is 181 Å². The molecule has 60 heavy (non-hydrogen) atoms. The molecular formula is C48H40N2O10. The molecule has 0 spiro atoms. The van der Waals surface area contributed by atoms with Crippen LogP contribution in [-0.4, -0.2) is 67.1 Å². The van der Waals surface area contributed by atoms with Crippen LogP contribution >= 0.6 is 0 Å². The highest BCUT2D eigenvalue weighted by Crippen LogP contribution is 2.24. The van der Waals surface area contributed by atoms with Crippen molar-refractivity contribution in [1.82, 2.24) is 0 Å². The van der Waals surface area contributed by atoms with Crippen molar-refractivity contribution >= 4 is 41.7 Å². The molecule has 0 aromatic heterocycles. The Labute approximate surface area is 346 Å². The topological polar surface area (TPSA) is 156 Å². The van der Waals surface area contributed by atoms with Crippen LogP contribution in [-0.2, 0) is 23.7 Å². The van der Waals surface area contributed by atoms with E-state index in [4.69, 9.17) is 23.7 Å². The molecule has 0 saturated carbocycles. The zero-order chi connectivity index (χ0) is 42.1. The molecule has 12 heteroatoms. The third-order valence-corrected chi connectivity index (χ3v) is 8.89. The summed E-state index contributed by atoms with van der Waals surface area (Å²) in [6.45, 7) is 1.21.